The first-order chi connectivity index (χ1) is 6.20. The highest BCUT2D eigenvalue weighted by Gasteiger charge is 2.18. The number of halogens is 1. The number of nitrogens with zero attached hydrogens (tertiary/aromatic N) is 2. The summed E-state index contributed by atoms with van der Waals surface area (Å²) in [6.45, 7) is 0. The molecule has 66 valence electrons. The van der Waals surface area contributed by atoms with Crippen LogP contribution in [0, 0.1) is 10.1 Å². The van der Waals surface area contributed by atoms with Crippen LogP contribution in [0.25, 0.3) is 11.0 Å². The molecule has 0 aliphatic carbocycles. The summed E-state index contributed by atoms with van der Waals surface area (Å²) in [5.41, 5.74) is 1.04. The van der Waals surface area contributed by atoms with Crippen LogP contribution in [0.1, 0.15) is 0 Å². The second-order valence-corrected chi connectivity index (χ2v) is 3.31. The summed E-state index contributed by atoms with van der Waals surface area (Å²) in [6, 6.07) is 3.36. The van der Waals surface area contributed by atoms with Crippen molar-refractivity contribution < 1.29 is 4.92 Å². The van der Waals surface area contributed by atoms with E-state index in [1.54, 1.807) is 12.1 Å². The third-order valence-corrected chi connectivity index (χ3v) is 2.34. The summed E-state index contributed by atoms with van der Waals surface area (Å²) in [5.74, 6) is 0. The predicted molar refractivity (Wildman–Crippen MR) is 50.4 cm³/mol. The van der Waals surface area contributed by atoms with Gasteiger partial charge in [-0.05, 0) is 28.1 Å². The molecular weight excluding hydrogens is 238 g/mol. The molecule has 0 amide bonds. The molecule has 1 aromatic carbocycles. The van der Waals surface area contributed by atoms with E-state index in [1.165, 1.54) is 6.33 Å². The summed E-state index contributed by atoms with van der Waals surface area (Å²) in [7, 11) is 0. The Labute approximate surface area is 81.1 Å². The van der Waals surface area contributed by atoms with Crippen LogP contribution in [0.3, 0.4) is 0 Å². The molecule has 5 nitrogen and oxygen atoms in total. The van der Waals surface area contributed by atoms with Crippen molar-refractivity contribution in [1.82, 2.24) is 9.97 Å². The number of fused-ring (bicyclic) bond motifs is 1. The molecule has 1 aromatic heterocycles. The molecule has 0 aliphatic heterocycles. The fourth-order valence-electron chi connectivity index (χ4n) is 1.14. The van der Waals surface area contributed by atoms with Gasteiger partial charge in [0.1, 0.15) is 0 Å². The highest BCUT2D eigenvalue weighted by molar-refractivity contribution is 9.10. The molecule has 1 heterocycles. The summed E-state index contributed by atoms with van der Waals surface area (Å²) in [6.07, 6.45) is 1.43. The minimum absolute atomic E-state index is 0.00116. The van der Waals surface area contributed by atoms with E-state index in [4.69, 9.17) is 0 Å². The van der Waals surface area contributed by atoms with Crippen molar-refractivity contribution in [2.24, 2.45) is 0 Å². The molecule has 0 radical (unpaired) electrons. The van der Waals surface area contributed by atoms with Gasteiger partial charge in [-0.15, -0.1) is 0 Å². The number of nitro groups is 1. The fourth-order valence-corrected chi connectivity index (χ4v) is 1.61. The van der Waals surface area contributed by atoms with Crippen molar-refractivity contribution in [3.63, 3.8) is 0 Å². The van der Waals surface area contributed by atoms with Gasteiger partial charge in [-0.1, -0.05) is 0 Å². The zero-order valence-electron chi connectivity index (χ0n) is 6.32. The molecule has 0 atom stereocenters. The molecule has 0 aliphatic rings. The topological polar surface area (TPSA) is 71.8 Å². The van der Waals surface area contributed by atoms with Crippen molar-refractivity contribution in [3.8, 4) is 0 Å². The normalized spacial score (nSPS) is 10.5. The number of H-pyrrole nitrogens is 1. The second kappa shape index (κ2) is 2.81. The highest BCUT2D eigenvalue weighted by atomic mass is 79.9. The Balaban J connectivity index is 2.88. The van der Waals surface area contributed by atoms with E-state index >= 15 is 0 Å². The highest BCUT2D eigenvalue weighted by Crippen LogP contribution is 2.30. The molecule has 0 unspecified atom stereocenters. The summed E-state index contributed by atoms with van der Waals surface area (Å²) < 4.78 is 0.442. The Kier molecular flexibility index (Phi) is 1.77. The van der Waals surface area contributed by atoms with E-state index in [-0.39, 0.29) is 5.69 Å². The molecule has 0 spiro atoms. The van der Waals surface area contributed by atoms with Crippen molar-refractivity contribution in [3.05, 3.63) is 33.0 Å². The molecule has 6 heteroatoms. The molecular formula is C7H4BrN3O2. The number of aromatic amines is 1. The van der Waals surface area contributed by atoms with Crippen LogP contribution in [-0.2, 0) is 0 Å². The molecule has 0 saturated carbocycles. The van der Waals surface area contributed by atoms with E-state index in [2.05, 4.69) is 25.9 Å². The van der Waals surface area contributed by atoms with Crippen molar-refractivity contribution >= 4 is 32.7 Å². The van der Waals surface area contributed by atoms with E-state index in [0.29, 0.717) is 15.5 Å². The van der Waals surface area contributed by atoms with E-state index in [0.717, 1.165) is 0 Å². The SMILES string of the molecule is O=[N+]([O-])c1c(Br)ccc2[nH]cnc12. The van der Waals surface area contributed by atoms with Gasteiger partial charge in [0.05, 0.1) is 21.2 Å². The Bertz CT molecular complexity index is 480. The zero-order chi connectivity index (χ0) is 9.42. The number of nitro benzene ring substituents is 1. The first kappa shape index (κ1) is 8.18. The number of benzene rings is 1. The van der Waals surface area contributed by atoms with E-state index in [1.807, 2.05) is 0 Å². The van der Waals surface area contributed by atoms with Crippen LogP contribution in [0.15, 0.2) is 22.9 Å². The summed E-state index contributed by atoms with van der Waals surface area (Å²) >= 11 is 3.11. The van der Waals surface area contributed by atoms with Gasteiger partial charge in [-0.25, -0.2) is 4.98 Å². The van der Waals surface area contributed by atoms with Gasteiger partial charge in [0, 0.05) is 0 Å². The number of aromatic nitrogens is 2. The Morgan fingerprint density at radius 3 is 3.00 bits per heavy atom. The maximum absolute atomic E-state index is 10.7. The Hall–Kier alpha value is -1.43. The number of hydrogen-bond acceptors (Lipinski definition) is 3. The summed E-state index contributed by atoms with van der Waals surface area (Å²) in [4.78, 5) is 16.9. The standard InChI is InChI=1S/C7H4BrN3O2/c8-4-1-2-5-6(10-3-9-5)7(4)11(12)13/h1-3H,(H,9,10). The van der Waals surface area contributed by atoms with Crippen molar-refractivity contribution in [1.29, 1.82) is 0 Å². The lowest BCUT2D eigenvalue weighted by atomic mass is 10.3. The van der Waals surface area contributed by atoms with Gasteiger partial charge < -0.3 is 4.98 Å². The maximum atomic E-state index is 10.7. The molecule has 13 heavy (non-hydrogen) atoms. The van der Waals surface area contributed by atoms with E-state index < -0.39 is 4.92 Å². The first-order valence-electron chi connectivity index (χ1n) is 3.46. The molecule has 0 bridgehead atoms. The predicted octanol–water partition coefficient (Wildman–Crippen LogP) is 2.23. The van der Waals surface area contributed by atoms with Crippen LogP contribution >= 0.6 is 15.9 Å². The maximum Gasteiger partial charge on any atom is 0.311 e. The quantitative estimate of drug-likeness (QED) is 0.615. The minimum Gasteiger partial charge on any atom is -0.344 e. The smallest absolute Gasteiger partial charge is 0.311 e. The zero-order valence-corrected chi connectivity index (χ0v) is 7.91. The van der Waals surface area contributed by atoms with Gasteiger partial charge in [-0.2, -0.15) is 0 Å². The number of nitrogens with one attached hydrogen (secondary N) is 1. The lowest BCUT2D eigenvalue weighted by Gasteiger charge is -1.94. The lowest BCUT2D eigenvalue weighted by molar-refractivity contribution is -0.384. The Morgan fingerprint density at radius 1 is 1.54 bits per heavy atom. The van der Waals surface area contributed by atoms with Gasteiger partial charge in [0.25, 0.3) is 0 Å². The summed E-state index contributed by atoms with van der Waals surface area (Å²) in [5, 5.41) is 10.7. The molecule has 2 aromatic rings. The van der Waals surface area contributed by atoms with Gasteiger partial charge in [-0.3, -0.25) is 10.1 Å². The fraction of sp³-hybridized carbons (Fsp3) is 0. The average Bonchev–Trinajstić information content (AvgIpc) is 2.50. The van der Waals surface area contributed by atoms with Gasteiger partial charge in [0.15, 0.2) is 5.52 Å². The van der Waals surface area contributed by atoms with Gasteiger partial charge in [0.2, 0.25) is 0 Å². The molecule has 0 saturated heterocycles. The van der Waals surface area contributed by atoms with Crippen LogP contribution in [0.2, 0.25) is 0 Å². The average molecular weight is 242 g/mol. The number of hydrogen-bond donors (Lipinski definition) is 1. The largest absolute Gasteiger partial charge is 0.344 e. The third kappa shape index (κ3) is 1.19. The lowest BCUT2D eigenvalue weighted by Crippen LogP contribution is -1.90. The van der Waals surface area contributed by atoms with Crippen LogP contribution in [-0.4, -0.2) is 14.9 Å². The van der Waals surface area contributed by atoms with Crippen molar-refractivity contribution in [2.45, 2.75) is 0 Å². The first-order valence-corrected chi connectivity index (χ1v) is 4.25. The molecule has 2 rings (SSSR count). The number of imidazole rings is 1. The molecule has 0 fully saturated rings. The van der Waals surface area contributed by atoms with Gasteiger partial charge >= 0.3 is 5.69 Å². The Morgan fingerprint density at radius 2 is 2.31 bits per heavy atom. The number of rotatable bonds is 1. The van der Waals surface area contributed by atoms with Crippen LogP contribution in [0.4, 0.5) is 5.69 Å². The third-order valence-electron chi connectivity index (χ3n) is 1.70. The molecule has 1 N–H and O–H groups in total. The monoisotopic (exact) mass is 241 g/mol. The van der Waals surface area contributed by atoms with Crippen LogP contribution < -0.4 is 0 Å². The van der Waals surface area contributed by atoms with E-state index in [9.17, 15) is 10.1 Å². The van der Waals surface area contributed by atoms with Crippen molar-refractivity contribution in [2.75, 3.05) is 0 Å². The minimum atomic E-state index is -0.451. The second-order valence-electron chi connectivity index (χ2n) is 2.45. The van der Waals surface area contributed by atoms with Crippen LogP contribution in [0.5, 0.6) is 0 Å².